The molecule has 2 atom stereocenters. The maximum Gasteiger partial charge on any atom is 0.410 e. The minimum atomic E-state index is -0.797. The molecule has 13 heteroatoms. The minimum absolute atomic E-state index is 0.0536. The third-order valence-electron chi connectivity index (χ3n) is 7.52. The van der Waals surface area contributed by atoms with E-state index in [1.54, 1.807) is 12.1 Å². The summed E-state index contributed by atoms with van der Waals surface area (Å²) in [5.41, 5.74) is 3.53. The van der Waals surface area contributed by atoms with Crippen LogP contribution in [0.25, 0.3) is 11.3 Å². The number of nitrogens with one attached hydrogen (secondary N) is 1. The first-order chi connectivity index (χ1) is 22.2. The number of aryl methyl sites for hydroxylation is 2. The number of nitro groups is 1. The molecule has 0 bridgehead atoms. The van der Waals surface area contributed by atoms with Crippen molar-refractivity contribution in [3.05, 3.63) is 115 Å². The summed E-state index contributed by atoms with van der Waals surface area (Å²) in [6.07, 6.45) is -0.274. The first kappa shape index (κ1) is 32.6. The minimum Gasteiger partial charge on any atom is -0.455 e. The zero-order valence-corrected chi connectivity index (χ0v) is 26.6. The molecule has 0 unspecified atom stereocenters. The number of halogens is 2. The molecule has 4 aromatic rings. The van der Waals surface area contributed by atoms with Crippen LogP contribution in [0.4, 0.5) is 16.3 Å². The first-order valence-corrected chi connectivity index (χ1v) is 15.4. The predicted octanol–water partition coefficient (Wildman–Crippen LogP) is 7.14. The topological polar surface area (TPSA) is 137 Å². The van der Waals surface area contributed by atoms with E-state index in [1.807, 2.05) is 50.2 Å². The number of anilines is 1. The van der Waals surface area contributed by atoms with E-state index in [2.05, 4.69) is 5.32 Å². The quantitative estimate of drug-likeness (QED) is 0.107. The van der Waals surface area contributed by atoms with Gasteiger partial charge in [-0.15, -0.1) is 0 Å². The number of non-ortho nitro benzene ring substituents is 1. The first-order valence-electron chi connectivity index (χ1n) is 14.7. The summed E-state index contributed by atoms with van der Waals surface area (Å²) >= 11 is 12.6. The Morgan fingerprint density at radius 2 is 1.70 bits per heavy atom. The molecule has 46 heavy (non-hydrogen) atoms. The molecule has 5 rings (SSSR count). The summed E-state index contributed by atoms with van der Waals surface area (Å²) in [6, 6.07) is 19.1. The van der Waals surface area contributed by atoms with Gasteiger partial charge in [0.2, 0.25) is 0 Å². The molecule has 1 saturated heterocycles. The predicted molar refractivity (Wildman–Crippen MR) is 174 cm³/mol. The highest BCUT2D eigenvalue weighted by Crippen LogP contribution is 2.33. The Morgan fingerprint density at radius 3 is 2.35 bits per heavy atom. The van der Waals surface area contributed by atoms with Crippen LogP contribution in [0.2, 0.25) is 10.0 Å². The standard InChI is InChI=1S/C33H31Cl2N5O6/c1-3-26-30(24-15-12-22(34)16-25(24)35)36-27(4-2)31(37-26)38-28-17-39(33(42)45-19-20-8-6-5-7-9-20)18-29(28)46-32(41)21-10-13-23(14-11-21)40(43)44/h5-16,28-29H,3-4,17-19H2,1-2H3,(H,37,38)/t28-,29+/m1/s1. The van der Waals surface area contributed by atoms with Gasteiger partial charge in [0.25, 0.3) is 5.69 Å². The Balaban J connectivity index is 1.41. The molecule has 0 radical (unpaired) electrons. The molecule has 1 aliphatic heterocycles. The number of benzene rings is 3. The zero-order valence-electron chi connectivity index (χ0n) is 25.1. The van der Waals surface area contributed by atoms with Crippen LogP contribution >= 0.6 is 23.2 Å². The van der Waals surface area contributed by atoms with E-state index in [4.69, 9.17) is 42.6 Å². The van der Waals surface area contributed by atoms with Crippen LogP contribution in [0.15, 0.2) is 72.8 Å². The Kier molecular flexibility index (Phi) is 10.3. The second-order valence-electron chi connectivity index (χ2n) is 10.6. The molecular formula is C33H31Cl2N5O6. The lowest BCUT2D eigenvalue weighted by molar-refractivity contribution is -0.384. The summed E-state index contributed by atoms with van der Waals surface area (Å²) < 4.78 is 11.4. The van der Waals surface area contributed by atoms with Gasteiger partial charge in [0, 0.05) is 29.3 Å². The number of nitro benzene ring substituents is 1. The smallest absolute Gasteiger partial charge is 0.410 e. The molecule has 0 aliphatic carbocycles. The van der Waals surface area contributed by atoms with Crippen LogP contribution in [0.1, 0.15) is 41.2 Å². The Hall–Kier alpha value is -4.74. The number of hydrogen-bond donors (Lipinski definition) is 1. The van der Waals surface area contributed by atoms with Crippen molar-refractivity contribution in [1.82, 2.24) is 14.9 Å². The van der Waals surface area contributed by atoms with Crippen molar-refractivity contribution in [2.24, 2.45) is 0 Å². The van der Waals surface area contributed by atoms with E-state index in [1.165, 1.54) is 29.2 Å². The molecule has 1 N–H and O–H groups in total. The van der Waals surface area contributed by atoms with Gasteiger partial charge < -0.3 is 19.7 Å². The number of esters is 1. The van der Waals surface area contributed by atoms with Gasteiger partial charge in [0.15, 0.2) is 0 Å². The Bertz CT molecular complexity index is 1740. The summed E-state index contributed by atoms with van der Waals surface area (Å²) in [4.78, 5) is 48.1. The number of nitrogens with zero attached hydrogens (tertiary/aromatic N) is 4. The van der Waals surface area contributed by atoms with Crippen LogP contribution < -0.4 is 5.32 Å². The molecule has 1 fully saturated rings. The van der Waals surface area contributed by atoms with E-state index in [-0.39, 0.29) is 30.9 Å². The second-order valence-corrected chi connectivity index (χ2v) is 11.4. The fourth-order valence-electron chi connectivity index (χ4n) is 5.10. The third-order valence-corrected chi connectivity index (χ3v) is 8.07. The monoisotopic (exact) mass is 663 g/mol. The number of amides is 1. The van der Waals surface area contributed by atoms with E-state index < -0.39 is 29.1 Å². The maximum atomic E-state index is 13.1. The van der Waals surface area contributed by atoms with Gasteiger partial charge in [-0.2, -0.15) is 0 Å². The summed E-state index contributed by atoms with van der Waals surface area (Å²) in [6.45, 7) is 4.20. The molecule has 0 saturated carbocycles. The van der Waals surface area contributed by atoms with Gasteiger partial charge in [0.05, 0.1) is 45.2 Å². The fourth-order valence-corrected chi connectivity index (χ4v) is 5.60. The molecule has 1 aromatic heterocycles. The van der Waals surface area contributed by atoms with Crippen molar-refractivity contribution < 1.29 is 24.0 Å². The van der Waals surface area contributed by atoms with Crippen LogP contribution in [-0.2, 0) is 28.9 Å². The summed E-state index contributed by atoms with van der Waals surface area (Å²) in [5.74, 6) is -0.191. The van der Waals surface area contributed by atoms with Gasteiger partial charge in [-0.1, -0.05) is 67.4 Å². The molecule has 0 spiro atoms. The molecule has 1 amide bonds. The van der Waals surface area contributed by atoms with E-state index in [9.17, 15) is 19.7 Å². The summed E-state index contributed by atoms with van der Waals surface area (Å²) in [5, 5.41) is 15.4. The number of rotatable bonds is 10. The van der Waals surface area contributed by atoms with Crippen molar-refractivity contribution in [3.63, 3.8) is 0 Å². The molecule has 3 aromatic carbocycles. The number of likely N-dealkylation sites (tertiary alicyclic amines) is 1. The normalized spacial score (nSPS) is 15.8. The molecule has 238 valence electrons. The van der Waals surface area contributed by atoms with Gasteiger partial charge >= 0.3 is 12.1 Å². The second kappa shape index (κ2) is 14.6. The Morgan fingerprint density at radius 1 is 0.978 bits per heavy atom. The number of hydrogen-bond acceptors (Lipinski definition) is 9. The lowest BCUT2D eigenvalue weighted by Gasteiger charge is -2.22. The lowest BCUT2D eigenvalue weighted by atomic mass is 10.1. The fraction of sp³-hybridized carbons (Fsp3) is 0.273. The van der Waals surface area contributed by atoms with E-state index >= 15 is 0 Å². The average molecular weight is 665 g/mol. The largest absolute Gasteiger partial charge is 0.455 e. The van der Waals surface area contributed by atoms with Crippen LogP contribution in [0.5, 0.6) is 0 Å². The number of carbonyl (C=O) groups is 2. The molecular weight excluding hydrogens is 633 g/mol. The SMILES string of the molecule is CCc1nc(-c2ccc(Cl)cc2Cl)c(CC)nc1N[C@@H]1CN(C(=O)OCc2ccccc2)C[C@@H]1OC(=O)c1ccc([N+](=O)[O-])cc1. The average Bonchev–Trinajstić information content (AvgIpc) is 3.45. The van der Waals surface area contributed by atoms with E-state index in [0.29, 0.717) is 51.4 Å². The van der Waals surface area contributed by atoms with Crippen molar-refractivity contribution in [2.75, 3.05) is 18.4 Å². The summed E-state index contributed by atoms with van der Waals surface area (Å²) in [7, 11) is 0. The van der Waals surface area contributed by atoms with Crippen molar-refractivity contribution in [1.29, 1.82) is 0 Å². The molecule has 2 heterocycles. The van der Waals surface area contributed by atoms with Crippen LogP contribution in [-0.4, -0.2) is 57.1 Å². The van der Waals surface area contributed by atoms with Crippen molar-refractivity contribution in [2.45, 2.75) is 45.4 Å². The highest BCUT2D eigenvalue weighted by atomic mass is 35.5. The number of ether oxygens (including phenoxy) is 2. The van der Waals surface area contributed by atoms with Crippen molar-refractivity contribution in [3.8, 4) is 11.3 Å². The highest BCUT2D eigenvalue weighted by Gasteiger charge is 2.39. The van der Waals surface area contributed by atoms with Crippen LogP contribution in [0.3, 0.4) is 0 Å². The Labute approximate surface area is 275 Å². The van der Waals surface area contributed by atoms with Crippen LogP contribution in [0, 0.1) is 10.1 Å². The number of carbonyl (C=O) groups excluding carboxylic acids is 2. The van der Waals surface area contributed by atoms with Gasteiger partial charge in [-0.3, -0.25) is 10.1 Å². The number of aromatic nitrogens is 2. The molecule has 11 nitrogen and oxygen atoms in total. The van der Waals surface area contributed by atoms with Gasteiger partial charge in [-0.25, -0.2) is 19.6 Å². The third kappa shape index (κ3) is 7.55. The highest BCUT2D eigenvalue weighted by molar-refractivity contribution is 6.36. The zero-order chi connectivity index (χ0) is 32.8. The van der Waals surface area contributed by atoms with Gasteiger partial charge in [0.1, 0.15) is 18.5 Å². The lowest BCUT2D eigenvalue weighted by Crippen LogP contribution is -2.36. The van der Waals surface area contributed by atoms with E-state index in [0.717, 1.165) is 5.56 Å². The van der Waals surface area contributed by atoms with Crippen molar-refractivity contribution >= 4 is 46.8 Å². The maximum absolute atomic E-state index is 13.1. The van der Waals surface area contributed by atoms with Gasteiger partial charge in [-0.05, 0) is 48.7 Å². The molecule has 1 aliphatic rings.